The summed E-state index contributed by atoms with van der Waals surface area (Å²) in [5.74, 6) is 0. The van der Waals surface area contributed by atoms with Crippen LogP contribution in [-0.2, 0) is 11.0 Å². The fraction of sp³-hybridized carbons (Fsp3) is 0.417. The molecule has 0 heterocycles. The fourth-order valence-corrected chi connectivity index (χ4v) is 1.97. The standard InChI is InChI=1S/C12H14BrF2NOS/c1-12(2,3)18(17)16-10(11(14)15)8-4-6-9(13)7-5-8/h4-7,11H,1-3H3/b16-10-. The lowest BCUT2D eigenvalue weighted by molar-refractivity contribution is 0.226. The topological polar surface area (TPSA) is 29.4 Å². The fourth-order valence-electron chi connectivity index (χ4n) is 1.07. The van der Waals surface area contributed by atoms with E-state index in [0.29, 0.717) is 0 Å². The molecular weight excluding hydrogens is 324 g/mol. The summed E-state index contributed by atoms with van der Waals surface area (Å²) in [6.45, 7) is 5.08. The Balaban J connectivity index is 3.15. The molecule has 0 saturated heterocycles. The number of hydrogen-bond acceptors (Lipinski definition) is 1. The van der Waals surface area contributed by atoms with Gasteiger partial charge >= 0.3 is 0 Å². The van der Waals surface area contributed by atoms with Gasteiger partial charge in [-0.1, -0.05) is 28.1 Å². The molecule has 0 N–H and O–H groups in total. The smallest absolute Gasteiger partial charge is 0.234 e. The number of halogens is 3. The van der Waals surface area contributed by atoms with Crippen molar-refractivity contribution in [1.82, 2.24) is 0 Å². The Bertz CT molecular complexity index is 466. The Hall–Kier alpha value is -0.620. The Morgan fingerprint density at radius 3 is 2.17 bits per heavy atom. The van der Waals surface area contributed by atoms with E-state index in [4.69, 9.17) is 0 Å². The van der Waals surface area contributed by atoms with Crippen molar-refractivity contribution < 1.29 is 13.0 Å². The zero-order valence-electron chi connectivity index (χ0n) is 10.3. The van der Waals surface area contributed by atoms with Crippen LogP contribution in [-0.4, -0.2) is 21.1 Å². The summed E-state index contributed by atoms with van der Waals surface area (Å²) in [5, 5.41) is 0. The van der Waals surface area contributed by atoms with Crippen LogP contribution in [0.1, 0.15) is 26.3 Å². The molecular formula is C12H14BrF2NOS. The summed E-state index contributed by atoms with van der Waals surface area (Å²) < 4.78 is 41.5. The first kappa shape index (κ1) is 15.4. The highest BCUT2D eigenvalue weighted by molar-refractivity contribution is 9.10. The van der Waals surface area contributed by atoms with Crippen molar-refractivity contribution in [3.63, 3.8) is 0 Å². The van der Waals surface area contributed by atoms with Crippen LogP contribution in [0.2, 0.25) is 0 Å². The zero-order valence-corrected chi connectivity index (χ0v) is 12.7. The van der Waals surface area contributed by atoms with Crippen LogP contribution in [0.3, 0.4) is 0 Å². The van der Waals surface area contributed by atoms with Gasteiger partial charge in [-0.3, -0.25) is 0 Å². The highest BCUT2D eigenvalue weighted by atomic mass is 79.9. The van der Waals surface area contributed by atoms with E-state index >= 15 is 0 Å². The minimum atomic E-state index is -2.75. The molecule has 0 aliphatic heterocycles. The lowest BCUT2D eigenvalue weighted by Gasteiger charge is -2.15. The molecule has 0 fully saturated rings. The van der Waals surface area contributed by atoms with Crippen molar-refractivity contribution >= 4 is 32.6 Å². The first-order valence-corrected chi connectivity index (χ1v) is 7.16. The molecule has 2 nitrogen and oxygen atoms in total. The Labute approximate surface area is 116 Å². The van der Waals surface area contributed by atoms with Gasteiger partial charge in [0.1, 0.15) is 16.7 Å². The van der Waals surface area contributed by atoms with Crippen molar-refractivity contribution in [2.75, 3.05) is 0 Å². The molecule has 1 rings (SSSR count). The highest BCUT2D eigenvalue weighted by Gasteiger charge is 2.23. The SMILES string of the molecule is CC(C)(C)S(=O)/N=C(/c1ccc(Br)cc1)C(F)F. The van der Waals surface area contributed by atoms with Crippen molar-refractivity contribution in [3.05, 3.63) is 34.3 Å². The van der Waals surface area contributed by atoms with Crippen LogP contribution >= 0.6 is 15.9 Å². The van der Waals surface area contributed by atoms with Gasteiger partial charge in [-0.15, -0.1) is 0 Å². The molecule has 0 aromatic heterocycles. The molecule has 0 saturated carbocycles. The molecule has 18 heavy (non-hydrogen) atoms. The second kappa shape index (κ2) is 6.02. The molecule has 1 aromatic carbocycles. The molecule has 1 aromatic rings. The van der Waals surface area contributed by atoms with Gasteiger partial charge in [0, 0.05) is 10.0 Å². The maximum atomic E-state index is 13.0. The lowest BCUT2D eigenvalue weighted by Crippen LogP contribution is -2.23. The third-order valence-electron chi connectivity index (χ3n) is 2.05. The molecule has 6 heteroatoms. The maximum Gasteiger partial charge on any atom is 0.281 e. The summed E-state index contributed by atoms with van der Waals surface area (Å²) in [6, 6.07) is 6.34. The Kier molecular flexibility index (Phi) is 5.16. The van der Waals surface area contributed by atoms with Crippen LogP contribution in [0.4, 0.5) is 8.78 Å². The van der Waals surface area contributed by atoms with Crippen LogP contribution in [0.15, 0.2) is 33.1 Å². The summed E-state index contributed by atoms with van der Waals surface area (Å²) >= 11 is 3.23. The molecule has 0 aliphatic carbocycles. The van der Waals surface area contributed by atoms with Crippen molar-refractivity contribution in [2.24, 2.45) is 4.40 Å². The molecule has 0 amide bonds. The third kappa shape index (κ3) is 4.24. The number of hydrogen-bond donors (Lipinski definition) is 0. The van der Waals surface area contributed by atoms with Crippen molar-refractivity contribution in [3.8, 4) is 0 Å². The quantitative estimate of drug-likeness (QED) is 0.767. The van der Waals surface area contributed by atoms with Crippen molar-refractivity contribution in [1.29, 1.82) is 0 Å². The van der Waals surface area contributed by atoms with Gasteiger partial charge in [0.05, 0.1) is 4.75 Å². The second-order valence-corrected chi connectivity index (χ2v) is 7.47. The van der Waals surface area contributed by atoms with E-state index in [1.807, 2.05) is 0 Å². The molecule has 0 radical (unpaired) electrons. The van der Waals surface area contributed by atoms with E-state index < -0.39 is 27.9 Å². The summed E-state index contributed by atoms with van der Waals surface area (Å²) in [6.07, 6.45) is -2.75. The number of rotatable bonds is 3. The summed E-state index contributed by atoms with van der Waals surface area (Å²) in [4.78, 5) is 0. The largest absolute Gasteiger partial charge is 0.281 e. The van der Waals surface area contributed by atoms with Gasteiger partial charge in [-0.2, -0.15) is 4.40 Å². The Morgan fingerprint density at radius 2 is 1.78 bits per heavy atom. The van der Waals surface area contributed by atoms with Gasteiger partial charge in [-0.05, 0) is 32.9 Å². The van der Waals surface area contributed by atoms with Crippen LogP contribution in [0.5, 0.6) is 0 Å². The van der Waals surface area contributed by atoms with E-state index in [1.165, 1.54) is 12.1 Å². The third-order valence-corrected chi connectivity index (χ3v) is 3.99. The lowest BCUT2D eigenvalue weighted by atomic mass is 10.1. The summed E-state index contributed by atoms with van der Waals surface area (Å²) in [5.41, 5.74) is -0.151. The van der Waals surface area contributed by atoms with E-state index in [1.54, 1.807) is 32.9 Å². The van der Waals surface area contributed by atoms with E-state index in [-0.39, 0.29) is 5.56 Å². The van der Waals surface area contributed by atoms with Gasteiger partial charge < -0.3 is 0 Å². The number of benzene rings is 1. The number of nitrogens with zero attached hydrogens (tertiary/aromatic N) is 1. The normalized spacial score (nSPS) is 14.9. The monoisotopic (exact) mass is 337 g/mol. The minimum Gasteiger partial charge on any atom is -0.234 e. The minimum absolute atomic E-state index is 0.283. The molecule has 0 spiro atoms. The highest BCUT2D eigenvalue weighted by Crippen LogP contribution is 2.18. The predicted molar refractivity (Wildman–Crippen MR) is 74.6 cm³/mol. The molecule has 100 valence electrons. The maximum absolute atomic E-state index is 13.0. The molecule has 0 bridgehead atoms. The van der Waals surface area contributed by atoms with Gasteiger partial charge in [-0.25, -0.2) is 13.0 Å². The zero-order chi connectivity index (χ0) is 13.9. The first-order valence-electron chi connectivity index (χ1n) is 5.26. The number of alkyl halides is 2. The second-order valence-electron chi connectivity index (χ2n) is 4.65. The molecule has 1 unspecified atom stereocenters. The first-order chi connectivity index (χ1) is 8.21. The van der Waals surface area contributed by atoms with E-state index in [2.05, 4.69) is 20.3 Å². The molecule has 0 aliphatic rings. The van der Waals surface area contributed by atoms with E-state index in [0.717, 1.165) is 4.47 Å². The van der Waals surface area contributed by atoms with Crippen molar-refractivity contribution in [2.45, 2.75) is 31.9 Å². The van der Waals surface area contributed by atoms with Gasteiger partial charge in [0.15, 0.2) is 0 Å². The van der Waals surface area contributed by atoms with E-state index in [9.17, 15) is 13.0 Å². The van der Waals surface area contributed by atoms with Gasteiger partial charge in [0.2, 0.25) is 0 Å². The predicted octanol–water partition coefficient (Wildman–Crippen LogP) is 3.97. The van der Waals surface area contributed by atoms with Gasteiger partial charge in [0.25, 0.3) is 6.43 Å². The average Bonchev–Trinajstić information content (AvgIpc) is 2.25. The van der Waals surface area contributed by atoms with Crippen LogP contribution in [0.25, 0.3) is 0 Å². The average molecular weight is 338 g/mol. The van der Waals surface area contributed by atoms with Crippen LogP contribution < -0.4 is 0 Å². The molecule has 1 atom stereocenters. The Morgan fingerprint density at radius 1 is 1.28 bits per heavy atom. The van der Waals surface area contributed by atoms with Crippen LogP contribution in [0, 0.1) is 0 Å². The summed E-state index contributed by atoms with van der Waals surface area (Å²) in [7, 11) is -1.70.